The smallest absolute Gasteiger partial charge is 0.247 e. The Labute approximate surface area is 164 Å². The van der Waals surface area contributed by atoms with E-state index >= 15 is 0 Å². The predicted molar refractivity (Wildman–Crippen MR) is 104 cm³/mol. The average Bonchev–Trinajstić information content (AvgIpc) is 3.46. The molecule has 1 radical (unpaired) electrons. The molecule has 4 rings (SSSR count). The lowest BCUT2D eigenvalue weighted by Crippen LogP contribution is -2.35. The SMILES string of the molecule is Cc1cc(N2CC[C@@](C#N)(C3CC3)C2=O)cc(NC(=O)Cc2[c]cccc2)n1. The number of aromatic nitrogens is 1. The van der Waals surface area contributed by atoms with Crippen LogP contribution in [0.5, 0.6) is 0 Å². The van der Waals surface area contributed by atoms with E-state index in [1.165, 1.54) is 0 Å². The van der Waals surface area contributed by atoms with Crippen LogP contribution in [0.4, 0.5) is 11.5 Å². The molecule has 1 aromatic heterocycles. The number of benzene rings is 1. The Hall–Kier alpha value is -3.20. The number of carbonyl (C=O) groups is 2. The van der Waals surface area contributed by atoms with Gasteiger partial charge in [0.2, 0.25) is 11.8 Å². The minimum Gasteiger partial charge on any atom is -0.311 e. The zero-order valence-electron chi connectivity index (χ0n) is 15.7. The highest BCUT2D eigenvalue weighted by Crippen LogP contribution is 2.51. The van der Waals surface area contributed by atoms with E-state index in [1.807, 2.05) is 31.2 Å². The average molecular weight is 373 g/mol. The third kappa shape index (κ3) is 3.36. The highest BCUT2D eigenvalue weighted by molar-refractivity contribution is 6.02. The lowest BCUT2D eigenvalue weighted by Gasteiger charge is -2.21. The number of nitrogens with one attached hydrogen (secondary N) is 1. The Balaban J connectivity index is 1.52. The predicted octanol–water partition coefficient (Wildman–Crippen LogP) is 3.03. The van der Waals surface area contributed by atoms with Crippen LogP contribution in [0.3, 0.4) is 0 Å². The summed E-state index contributed by atoms with van der Waals surface area (Å²) in [5.41, 5.74) is 1.29. The van der Waals surface area contributed by atoms with Crippen LogP contribution >= 0.6 is 0 Å². The van der Waals surface area contributed by atoms with Crippen molar-refractivity contribution in [2.45, 2.75) is 32.6 Å². The second-order valence-electron chi connectivity index (χ2n) is 7.53. The largest absolute Gasteiger partial charge is 0.311 e. The Morgan fingerprint density at radius 2 is 2.25 bits per heavy atom. The molecule has 1 aromatic carbocycles. The summed E-state index contributed by atoms with van der Waals surface area (Å²) < 4.78 is 0. The molecule has 2 aliphatic rings. The van der Waals surface area contributed by atoms with Gasteiger partial charge in [-0.1, -0.05) is 24.3 Å². The van der Waals surface area contributed by atoms with Crippen LogP contribution in [0, 0.1) is 35.7 Å². The maximum absolute atomic E-state index is 13.0. The Morgan fingerprint density at radius 1 is 1.43 bits per heavy atom. The molecule has 28 heavy (non-hydrogen) atoms. The monoisotopic (exact) mass is 373 g/mol. The van der Waals surface area contributed by atoms with Gasteiger partial charge in [0.15, 0.2) is 0 Å². The van der Waals surface area contributed by atoms with Crippen molar-refractivity contribution in [1.82, 2.24) is 4.98 Å². The zero-order chi connectivity index (χ0) is 19.7. The highest BCUT2D eigenvalue weighted by Gasteiger charge is 2.56. The van der Waals surface area contributed by atoms with Crippen LogP contribution in [0.1, 0.15) is 30.5 Å². The lowest BCUT2D eigenvalue weighted by molar-refractivity contribution is -0.123. The standard InChI is InChI=1S/C22H21N4O2/c1-15-11-18(26-10-9-22(14-23,21(26)28)17-7-8-17)13-19(24-15)25-20(27)12-16-5-3-2-4-6-16/h2-5,11,13,17H,7-10,12H2,1H3,(H,24,25,27)/t22-/m1/s1. The van der Waals surface area contributed by atoms with Gasteiger partial charge in [-0.15, -0.1) is 0 Å². The van der Waals surface area contributed by atoms with Gasteiger partial charge in [-0.2, -0.15) is 5.26 Å². The third-order valence-corrected chi connectivity index (χ3v) is 5.47. The van der Waals surface area contributed by atoms with E-state index < -0.39 is 5.41 Å². The molecule has 6 heteroatoms. The highest BCUT2D eigenvalue weighted by atomic mass is 16.2. The van der Waals surface area contributed by atoms with Gasteiger partial charge in [0.25, 0.3) is 0 Å². The van der Waals surface area contributed by atoms with E-state index in [0.717, 1.165) is 18.4 Å². The molecule has 1 aliphatic carbocycles. The maximum atomic E-state index is 13.0. The van der Waals surface area contributed by atoms with Crippen molar-refractivity contribution in [2.24, 2.45) is 11.3 Å². The second kappa shape index (κ2) is 7.08. The fourth-order valence-electron chi connectivity index (χ4n) is 3.90. The molecule has 2 aromatic rings. The van der Waals surface area contributed by atoms with E-state index in [4.69, 9.17) is 0 Å². The molecule has 1 atom stereocenters. The Bertz CT molecular complexity index is 962. The number of hydrogen-bond donors (Lipinski definition) is 1. The third-order valence-electron chi connectivity index (χ3n) is 5.47. The molecule has 2 amide bonds. The van der Waals surface area contributed by atoms with Crippen LogP contribution in [0.15, 0.2) is 36.4 Å². The van der Waals surface area contributed by atoms with Crippen molar-refractivity contribution < 1.29 is 9.59 Å². The minimum absolute atomic E-state index is 0.126. The first-order chi connectivity index (χ1) is 13.5. The first-order valence-electron chi connectivity index (χ1n) is 9.49. The molecule has 2 heterocycles. The Morgan fingerprint density at radius 3 is 2.93 bits per heavy atom. The van der Waals surface area contributed by atoms with Crippen molar-refractivity contribution in [3.05, 3.63) is 53.7 Å². The number of aryl methyl sites for hydroxylation is 1. The number of carbonyl (C=O) groups excluding carboxylic acids is 2. The van der Waals surface area contributed by atoms with Crippen molar-refractivity contribution >= 4 is 23.3 Å². The molecule has 2 fully saturated rings. The molecule has 1 N–H and O–H groups in total. The van der Waals surface area contributed by atoms with Gasteiger partial charge < -0.3 is 10.2 Å². The summed E-state index contributed by atoms with van der Waals surface area (Å²) in [7, 11) is 0. The fourth-order valence-corrected chi connectivity index (χ4v) is 3.90. The van der Waals surface area contributed by atoms with Crippen molar-refractivity contribution in [2.75, 3.05) is 16.8 Å². The van der Waals surface area contributed by atoms with Crippen molar-refractivity contribution in [1.29, 1.82) is 5.26 Å². The lowest BCUT2D eigenvalue weighted by atomic mass is 9.83. The van der Waals surface area contributed by atoms with Crippen LogP contribution in [0.2, 0.25) is 0 Å². The number of nitrogens with zero attached hydrogens (tertiary/aromatic N) is 3. The fraction of sp³-hybridized carbons (Fsp3) is 0.364. The van der Waals surface area contributed by atoms with E-state index in [-0.39, 0.29) is 24.2 Å². The second-order valence-corrected chi connectivity index (χ2v) is 7.53. The topological polar surface area (TPSA) is 86.1 Å². The van der Waals surface area contributed by atoms with Crippen LogP contribution in [-0.2, 0) is 16.0 Å². The summed E-state index contributed by atoms with van der Waals surface area (Å²) in [6, 6.07) is 16.2. The summed E-state index contributed by atoms with van der Waals surface area (Å²) >= 11 is 0. The van der Waals surface area contributed by atoms with E-state index in [1.54, 1.807) is 17.0 Å². The number of hydrogen-bond acceptors (Lipinski definition) is 4. The Kier molecular flexibility index (Phi) is 4.60. The van der Waals surface area contributed by atoms with E-state index in [0.29, 0.717) is 30.2 Å². The van der Waals surface area contributed by atoms with Crippen molar-refractivity contribution in [3.63, 3.8) is 0 Å². The summed E-state index contributed by atoms with van der Waals surface area (Å²) in [6.45, 7) is 2.34. The van der Waals surface area contributed by atoms with Crippen LogP contribution < -0.4 is 10.2 Å². The molecule has 1 aliphatic heterocycles. The molecule has 0 unspecified atom stereocenters. The number of pyridine rings is 1. The quantitative estimate of drug-likeness (QED) is 0.873. The molecule has 141 valence electrons. The molecule has 6 nitrogen and oxygen atoms in total. The zero-order valence-corrected chi connectivity index (χ0v) is 15.7. The molecule has 0 bridgehead atoms. The molecule has 1 saturated heterocycles. The van der Waals surface area contributed by atoms with Gasteiger partial charge in [0.05, 0.1) is 12.5 Å². The summed E-state index contributed by atoms with van der Waals surface area (Å²) in [6.07, 6.45) is 2.65. The first kappa shape index (κ1) is 18.2. The number of rotatable bonds is 5. The number of anilines is 2. The molecular weight excluding hydrogens is 352 g/mol. The van der Waals surface area contributed by atoms with Gasteiger partial charge in [0, 0.05) is 24.0 Å². The summed E-state index contributed by atoms with van der Waals surface area (Å²) in [4.78, 5) is 31.4. The van der Waals surface area contributed by atoms with Crippen molar-refractivity contribution in [3.8, 4) is 6.07 Å². The van der Waals surface area contributed by atoms with Gasteiger partial charge in [0.1, 0.15) is 11.2 Å². The van der Waals surface area contributed by atoms with E-state index in [2.05, 4.69) is 22.4 Å². The van der Waals surface area contributed by atoms with Gasteiger partial charge >= 0.3 is 0 Å². The van der Waals surface area contributed by atoms with Crippen LogP contribution in [0.25, 0.3) is 0 Å². The van der Waals surface area contributed by atoms with Gasteiger partial charge in [-0.25, -0.2) is 4.98 Å². The normalized spacial score (nSPS) is 21.4. The summed E-state index contributed by atoms with van der Waals surface area (Å²) in [5.74, 6) is 0.270. The molecule has 1 saturated carbocycles. The van der Waals surface area contributed by atoms with E-state index in [9.17, 15) is 14.9 Å². The molecular formula is C22H21N4O2. The molecule has 0 spiro atoms. The number of nitriles is 1. The summed E-state index contributed by atoms with van der Waals surface area (Å²) in [5, 5.41) is 12.5. The van der Waals surface area contributed by atoms with Gasteiger partial charge in [-0.05, 0) is 49.8 Å². The minimum atomic E-state index is -0.885. The van der Waals surface area contributed by atoms with Gasteiger partial charge in [-0.3, -0.25) is 9.59 Å². The number of amides is 2. The maximum Gasteiger partial charge on any atom is 0.247 e. The van der Waals surface area contributed by atoms with Crippen LogP contribution in [-0.4, -0.2) is 23.3 Å². The first-order valence-corrected chi connectivity index (χ1v) is 9.49.